The molecule has 0 unspecified atom stereocenters. The van der Waals surface area contributed by atoms with Gasteiger partial charge in [-0.1, -0.05) is 18.2 Å². The molecule has 0 bridgehead atoms. The SMILES string of the molecule is CSc1cc(C)[nH]c(=O)c1CNC(=O)c1c(C)n(C)c2ccccc12. The highest BCUT2D eigenvalue weighted by Crippen LogP contribution is 2.25. The summed E-state index contributed by atoms with van der Waals surface area (Å²) in [5.41, 5.74) is 3.83. The molecule has 2 aromatic heterocycles. The number of thioether (sulfide) groups is 1. The summed E-state index contributed by atoms with van der Waals surface area (Å²) in [4.78, 5) is 28.7. The Morgan fingerprint density at radius 1 is 1.28 bits per heavy atom. The third kappa shape index (κ3) is 3.09. The van der Waals surface area contributed by atoms with Crippen molar-refractivity contribution >= 4 is 28.6 Å². The molecule has 25 heavy (non-hydrogen) atoms. The van der Waals surface area contributed by atoms with Gasteiger partial charge < -0.3 is 14.9 Å². The first-order chi connectivity index (χ1) is 11.9. The molecule has 1 aromatic carbocycles. The molecule has 3 rings (SSSR count). The minimum Gasteiger partial charge on any atom is -0.348 e. The van der Waals surface area contributed by atoms with Crippen molar-refractivity contribution in [2.45, 2.75) is 25.3 Å². The maximum atomic E-state index is 12.8. The van der Waals surface area contributed by atoms with Crippen molar-refractivity contribution in [3.05, 3.63) is 63.2 Å². The number of carbonyl (C=O) groups excluding carboxylic acids is 1. The van der Waals surface area contributed by atoms with Crippen molar-refractivity contribution in [2.24, 2.45) is 7.05 Å². The normalized spacial score (nSPS) is 11.0. The van der Waals surface area contributed by atoms with Gasteiger partial charge in [0.25, 0.3) is 11.5 Å². The summed E-state index contributed by atoms with van der Waals surface area (Å²) in [5.74, 6) is -0.165. The van der Waals surface area contributed by atoms with Gasteiger partial charge in [0.2, 0.25) is 0 Å². The van der Waals surface area contributed by atoms with Gasteiger partial charge in [-0.3, -0.25) is 9.59 Å². The van der Waals surface area contributed by atoms with Crippen LogP contribution in [0.25, 0.3) is 10.9 Å². The molecule has 2 heterocycles. The molecule has 0 atom stereocenters. The predicted octanol–water partition coefficient (Wildman–Crippen LogP) is 3.14. The predicted molar refractivity (Wildman–Crippen MR) is 102 cm³/mol. The van der Waals surface area contributed by atoms with Gasteiger partial charge in [0, 0.05) is 46.3 Å². The molecule has 5 nitrogen and oxygen atoms in total. The van der Waals surface area contributed by atoms with Gasteiger partial charge in [-0.05, 0) is 32.2 Å². The van der Waals surface area contributed by atoms with Crippen LogP contribution in [0.5, 0.6) is 0 Å². The van der Waals surface area contributed by atoms with Crippen molar-refractivity contribution in [3.8, 4) is 0 Å². The van der Waals surface area contributed by atoms with E-state index < -0.39 is 0 Å². The maximum absolute atomic E-state index is 12.8. The smallest absolute Gasteiger partial charge is 0.254 e. The highest BCUT2D eigenvalue weighted by molar-refractivity contribution is 7.98. The van der Waals surface area contributed by atoms with Crippen LogP contribution in [0.2, 0.25) is 0 Å². The average molecular weight is 355 g/mol. The molecule has 0 saturated heterocycles. The molecule has 1 amide bonds. The molecule has 0 radical (unpaired) electrons. The van der Waals surface area contributed by atoms with Crippen molar-refractivity contribution in [2.75, 3.05) is 6.26 Å². The number of fused-ring (bicyclic) bond motifs is 1. The molecule has 0 aliphatic heterocycles. The first-order valence-electron chi connectivity index (χ1n) is 8.03. The first kappa shape index (κ1) is 17.4. The standard InChI is InChI=1S/C19H21N3O2S/c1-11-9-16(25-4)14(18(23)21-11)10-20-19(24)17-12(2)22(3)15-8-6-5-7-13(15)17/h5-9H,10H2,1-4H3,(H,20,24)(H,21,23). The number of para-hydroxylation sites is 1. The quantitative estimate of drug-likeness (QED) is 0.707. The van der Waals surface area contributed by atoms with E-state index in [1.165, 1.54) is 11.8 Å². The Hall–Kier alpha value is -2.47. The van der Waals surface area contributed by atoms with Crippen LogP contribution in [-0.4, -0.2) is 21.7 Å². The minimum absolute atomic E-state index is 0.153. The number of rotatable bonds is 4. The third-order valence-electron chi connectivity index (χ3n) is 4.50. The Balaban J connectivity index is 1.93. The summed E-state index contributed by atoms with van der Waals surface area (Å²) in [6.45, 7) is 3.98. The van der Waals surface area contributed by atoms with Gasteiger partial charge in [0.05, 0.1) is 5.56 Å². The fraction of sp³-hybridized carbons (Fsp3) is 0.263. The second-order valence-electron chi connectivity index (χ2n) is 6.05. The lowest BCUT2D eigenvalue weighted by molar-refractivity contribution is 0.0951. The van der Waals surface area contributed by atoms with Crippen LogP contribution in [0.3, 0.4) is 0 Å². The number of aromatic nitrogens is 2. The number of aryl methyl sites for hydroxylation is 2. The number of benzene rings is 1. The number of aromatic amines is 1. The van der Waals surface area contributed by atoms with E-state index in [2.05, 4.69) is 10.3 Å². The van der Waals surface area contributed by atoms with Crippen molar-refractivity contribution in [1.29, 1.82) is 0 Å². The molecule has 0 spiro atoms. The van der Waals surface area contributed by atoms with Gasteiger partial charge in [-0.2, -0.15) is 0 Å². The van der Waals surface area contributed by atoms with Crippen LogP contribution < -0.4 is 10.9 Å². The van der Waals surface area contributed by atoms with E-state index in [1.54, 1.807) is 0 Å². The lowest BCUT2D eigenvalue weighted by Crippen LogP contribution is -2.28. The number of nitrogens with zero attached hydrogens (tertiary/aromatic N) is 1. The first-order valence-corrected chi connectivity index (χ1v) is 9.25. The number of carbonyl (C=O) groups is 1. The lowest BCUT2D eigenvalue weighted by Gasteiger charge is -2.10. The van der Waals surface area contributed by atoms with Crippen molar-refractivity contribution < 1.29 is 4.79 Å². The fourth-order valence-electron chi connectivity index (χ4n) is 3.10. The van der Waals surface area contributed by atoms with Gasteiger partial charge in [-0.15, -0.1) is 11.8 Å². The highest BCUT2D eigenvalue weighted by atomic mass is 32.2. The van der Waals surface area contributed by atoms with E-state index >= 15 is 0 Å². The zero-order valence-electron chi connectivity index (χ0n) is 14.8. The Morgan fingerprint density at radius 3 is 2.72 bits per heavy atom. The van der Waals surface area contributed by atoms with Crippen LogP contribution in [-0.2, 0) is 13.6 Å². The van der Waals surface area contributed by atoms with Gasteiger partial charge in [0.1, 0.15) is 0 Å². The molecular formula is C19H21N3O2S. The Morgan fingerprint density at radius 2 is 2.00 bits per heavy atom. The van der Waals surface area contributed by atoms with Gasteiger partial charge in [-0.25, -0.2) is 0 Å². The summed E-state index contributed by atoms with van der Waals surface area (Å²) < 4.78 is 2.01. The molecule has 0 aliphatic rings. The summed E-state index contributed by atoms with van der Waals surface area (Å²) in [6.07, 6.45) is 1.92. The average Bonchev–Trinajstić information content (AvgIpc) is 2.84. The zero-order valence-corrected chi connectivity index (χ0v) is 15.6. The Labute approximate surface area is 150 Å². The number of amides is 1. The van der Waals surface area contributed by atoms with Gasteiger partial charge in [0.15, 0.2) is 0 Å². The molecular weight excluding hydrogens is 334 g/mol. The van der Waals surface area contributed by atoms with E-state index in [-0.39, 0.29) is 18.0 Å². The van der Waals surface area contributed by atoms with E-state index in [4.69, 9.17) is 0 Å². The van der Waals surface area contributed by atoms with Crippen LogP contribution >= 0.6 is 11.8 Å². The van der Waals surface area contributed by atoms with Crippen LogP contribution in [0.1, 0.15) is 27.3 Å². The number of pyridine rings is 1. The second kappa shape index (κ2) is 6.80. The third-order valence-corrected chi connectivity index (χ3v) is 5.31. The highest BCUT2D eigenvalue weighted by Gasteiger charge is 2.18. The van der Waals surface area contributed by atoms with Gasteiger partial charge >= 0.3 is 0 Å². The van der Waals surface area contributed by atoms with E-state index in [9.17, 15) is 9.59 Å². The lowest BCUT2D eigenvalue weighted by atomic mass is 10.1. The summed E-state index contributed by atoms with van der Waals surface area (Å²) >= 11 is 1.51. The van der Waals surface area contributed by atoms with Crippen molar-refractivity contribution in [3.63, 3.8) is 0 Å². The molecule has 0 saturated carbocycles. The summed E-state index contributed by atoms with van der Waals surface area (Å²) in [7, 11) is 1.95. The molecule has 0 fully saturated rings. The van der Waals surface area contributed by atoms with Crippen LogP contribution in [0.15, 0.2) is 40.0 Å². The number of hydrogen-bond acceptors (Lipinski definition) is 3. The summed E-state index contributed by atoms with van der Waals surface area (Å²) in [6, 6.07) is 9.75. The number of H-pyrrole nitrogens is 1. The number of nitrogens with one attached hydrogen (secondary N) is 2. The van der Waals surface area contributed by atoms with E-state index in [0.717, 1.165) is 27.2 Å². The van der Waals surface area contributed by atoms with E-state index in [0.29, 0.717) is 11.1 Å². The monoisotopic (exact) mass is 355 g/mol. The largest absolute Gasteiger partial charge is 0.348 e. The molecule has 6 heteroatoms. The molecule has 0 aliphatic carbocycles. The van der Waals surface area contributed by atoms with Crippen molar-refractivity contribution in [1.82, 2.24) is 14.9 Å². The molecule has 3 aromatic rings. The molecule has 2 N–H and O–H groups in total. The Bertz CT molecular complexity index is 1020. The van der Waals surface area contributed by atoms with E-state index in [1.807, 2.05) is 62.0 Å². The second-order valence-corrected chi connectivity index (χ2v) is 6.90. The fourth-order valence-corrected chi connectivity index (χ4v) is 3.81. The van der Waals surface area contributed by atoms with Crippen LogP contribution in [0.4, 0.5) is 0 Å². The molecule has 130 valence electrons. The topological polar surface area (TPSA) is 66.9 Å². The number of hydrogen-bond donors (Lipinski definition) is 2. The summed E-state index contributed by atoms with van der Waals surface area (Å²) in [5, 5.41) is 3.83. The van der Waals surface area contributed by atoms with Crippen LogP contribution in [0, 0.1) is 13.8 Å². The zero-order chi connectivity index (χ0) is 18.1. The minimum atomic E-state index is -0.165. The Kier molecular flexibility index (Phi) is 4.72. The maximum Gasteiger partial charge on any atom is 0.254 e.